The molecule has 0 amide bonds. The molecule has 14 heavy (non-hydrogen) atoms. The number of rotatable bonds is 1. The molecular formula is C10H13NO2S. The van der Waals surface area contributed by atoms with Crippen LogP contribution in [0.15, 0.2) is 23.1 Å². The maximum absolute atomic E-state index is 11.8. The zero-order chi connectivity index (χ0) is 10.3. The maximum Gasteiger partial charge on any atom is 0.181 e. The average Bonchev–Trinajstić information content (AvgIpc) is 2.38. The van der Waals surface area contributed by atoms with Crippen LogP contribution in [-0.2, 0) is 16.3 Å². The van der Waals surface area contributed by atoms with Crippen LogP contribution in [0.25, 0.3) is 0 Å². The molecule has 76 valence electrons. The Hall–Kier alpha value is -1.03. The van der Waals surface area contributed by atoms with Crippen molar-refractivity contribution in [2.24, 2.45) is 0 Å². The molecular weight excluding hydrogens is 198 g/mol. The Kier molecular flexibility index (Phi) is 2.03. The maximum atomic E-state index is 11.8. The average molecular weight is 211 g/mol. The lowest BCUT2D eigenvalue weighted by Crippen LogP contribution is -2.11. The summed E-state index contributed by atoms with van der Waals surface area (Å²) in [6, 6.07) is 5.41. The second-order valence-corrected chi connectivity index (χ2v) is 5.97. The number of hydrogen-bond donors (Lipinski definition) is 1. The van der Waals surface area contributed by atoms with Crippen LogP contribution in [0.3, 0.4) is 0 Å². The number of fused-ring (bicyclic) bond motifs is 1. The van der Waals surface area contributed by atoms with Crippen LogP contribution in [0.4, 0.5) is 5.69 Å². The second-order valence-electron chi connectivity index (χ2n) is 3.63. The van der Waals surface area contributed by atoms with Crippen molar-refractivity contribution in [2.75, 3.05) is 12.4 Å². The standard InChI is InChI=1S/C10H13NO2S/c1-7-5-8-6-9(11-2)3-4-10(8)14(7,12)13/h3-4,6-7,11H,5H2,1-2H3. The van der Waals surface area contributed by atoms with Crippen molar-refractivity contribution in [2.45, 2.75) is 23.5 Å². The lowest BCUT2D eigenvalue weighted by atomic mass is 10.1. The fourth-order valence-electron chi connectivity index (χ4n) is 1.81. The normalized spacial score (nSPS) is 23.1. The first kappa shape index (κ1) is 9.52. The summed E-state index contributed by atoms with van der Waals surface area (Å²) >= 11 is 0. The van der Waals surface area contributed by atoms with Gasteiger partial charge in [0.25, 0.3) is 0 Å². The van der Waals surface area contributed by atoms with Gasteiger partial charge in [0.1, 0.15) is 0 Å². The van der Waals surface area contributed by atoms with Gasteiger partial charge in [-0.2, -0.15) is 0 Å². The third kappa shape index (κ3) is 1.21. The molecule has 2 rings (SSSR count). The van der Waals surface area contributed by atoms with Gasteiger partial charge in [0, 0.05) is 12.7 Å². The zero-order valence-corrected chi connectivity index (χ0v) is 9.06. The molecule has 1 aromatic rings. The molecule has 1 N–H and O–H groups in total. The fraction of sp³-hybridized carbons (Fsp3) is 0.400. The Morgan fingerprint density at radius 3 is 2.79 bits per heavy atom. The van der Waals surface area contributed by atoms with Crippen LogP contribution in [0, 0.1) is 0 Å². The number of nitrogens with one attached hydrogen (secondary N) is 1. The largest absolute Gasteiger partial charge is 0.388 e. The summed E-state index contributed by atoms with van der Waals surface area (Å²) in [5.41, 5.74) is 1.90. The quantitative estimate of drug-likeness (QED) is 0.764. The lowest BCUT2D eigenvalue weighted by molar-refractivity contribution is 0.590. The molecule has 1 aliphatic heterocycles. The van der Waals surface area contributed by atoms with Gasteiger partial charge in [0.2, 0.25) is 0 Å². The van der Waals surface area contributed by atoms with E-state index in [1.807, 2.05) is 13.1 Å². The molecule has 1 atom stereocenters. The molecule has 0 saturated heterocycles. The minimum Gasteiger partial charge on any atom is -0.388 e. The Morgan fingerprint density at radius 2 is 2.14 bits per heavy atom. The summed E-state index contributed by atoms with van der Waals surface area (Å²) in [5.74, 6) is 0. The van der Waals surface area contributed by atoms with E-state index >= 15 is 0 Å². The van der Waals surface area contributed by atoms with Gasteiger partial charge in [0.15, 0.2) is 9.84 Å². The smallest absolute Gasteiger partial charge is 0.181 e. The van der Waals surface area contributed by atoms with Gasteiger partial charge < -0.3 is 5.32 Å². The van der Waals surface area contributed by atoms with Crippen molar-refractivity contribution in [3.8, 4) is 0 Å². The summed E-state index contributed by atoms with van der Waals surface area (Å²) < 4.78 is 23.5. The number of hydrogen-bond acceptors (Lipinski definition) is 3. The first-order chi connectivity index (χ1) is 6.55. The molecule has 0 aromatic heterocycles. The zero-order valence-electron chi connectivity index (χ0n) is 8.24. The Balaban J connectivity index is 2.60. The fourth-order valence-corrected chi connectivity index (χ4v) is 3.41. The molecule has 0 saturated carbocycles. The topological polar surface area (TPSA) is 46.2 Å². The minimum absolute atomic E-state index is 0.274. The molecule has 0 spiro atoms. The molecule has 1 heterocycles. The van der Waals surface area contributed by atoms with Gasteiger partial charge >= 0.3 is 0 Å². The van der Waals surface area contributed by atoms with Crippen LogP contribution >= 0.6 is 0 Å². The molecule has 1 unspecified atom stereocenters. The molecule has 1 aromatic carbocycles. The summed E-state index contributed by atoms with van der Waals surface area (Å²) in [6.45, 7) is 1.76. The van der Waals surface area contributed by atoms with Gasteiger partial charge in [-0.1, -0.05) is 0 Å². The summed E-state index contributed by atoms with van der Waals surface area (Å²) in [7, 11) is -1.21. The number of anilines is 1. The molecule has 0 radical (unpaired) electrons. The van der Waals surface area contributed by atoms with E-state index in [0.717, 1.165) is 11.3 Å². The van der Waals surface area contributed by atoms with E-state index < -0.39 is 9.84 Å². The molecule has 1 aliphatic rings. The first-order valence-electron chi connectivity index (χ1n) is 4.60. The van der Waals surface area contributed by atoms with Crippen molar-refractivity contribution in [1.29, 1.82) is 0 Å². The monoisotopic (exact) mass is 211 g/mol. The van der Waals surface area contributed by atoms with Gasteiger partial charge in [-0.05, 0) is 37.1 Å². The predicted molar refractivity (Wildman–Crippen MR) is 56.3 cm³/mol. The molecule has 0 aliphatic carbocycles. The Bertz CT molecular complexity index is 465. The summed E-state index contributed by atoms with van der Waals surface area (Å²) in [5, 5.41) is 2.73. The van der Waals surface area contributed by atoms with Crippen molar-refractivity contribution >= 4 is 15.5 Å². The molecule has 0 fully saturated rings. The van der Waals surface area contributed by atoms with E-state index in [1.54, 1.807) is 19.1 Å². The third-order valence-electron chi connectivity index (χ3n) is 2.69. The van der Waals surface area contributed by atoms with Gasteiger partial charge in [-0.15, -0.1) is 0 Å². The van der Waals surface area contributed by atoms with Crippen LogP contribution in [0.1, 0.15) is 12.5 Å². The highest BCUT2D eigenvalue weighted by Crippen LogP contribution is 2.32. The second kappa shape index (κ2) is 2.98. The summed E-state index contributed by atoms with van der Waals surface area (Å²) in [4.78, 5) is 0.504. The molecule has 4 heteroatoms. The first-order valence-corrected chi connectivity index (χ1v) is 6.15. The van der Waals surface area contributed by atoms with E-state index in [0.29, 0.717) is 11.3 Å². The van der Waals surface area contributed by atoms with E-state index in [9.17, 15) is 8.42 Å². The van der Waals surface area contributed by atoms with Crippen LogP contribution in [-0.4, -0.2) is 20.7 Å². The van der Waals surface area contributed by atoms with E-state index in [2.05, 4.69) is 5.32 Å². The summed E-state index contributed by atoms with van der Waals surface area (Å²) in [6.07, 6.45) is 0.632. The number of benzene rings is 1. The van der Waals surface area contributed by atoms with Gasteiger partial charge in [-0.25, -0.2) is 8.42 Å². The highest BCUT2D eigenvalue weighted by atomic mass is 32.2. The highest BCUT2D eigenvalue weighted by Gasteiger charge is 2.33. The van der Waals surface area contributed by atoms with Crippen LogP contribution in [0.5, 0.6) is 0 Å². The molecule has 3 nitrogen and oxygen atoms in total. The molecule has 0 bridgehead atoms. The van der Waals surface area contributed by atoms with Gasteiger partial charge in [0.05, 0.1) is 10.1 Å². The Morgan fingerprint density at radius 1 is 1.43 bits per heavy atom. The van der Waals surface area contributed by atoms with Gasteiger partial charge in [-0.3, -0.25) is 0 Å². The number of sulfone groups is 1. The predicted octanol–water partition coefficient (Wildman–Crippen LogP) is 1.45. The van der Waals surface area contributed by atoms with E-state index in [1.165, 1.54) is 0 Å². The SMILES string of the molecule is CNc1ccc2c(c1)CC(C)S2(=O)=O. The van der Waals surface area contributed by atoms with E-state index in [-0.39, 0.29) is 5.25 Å². The third-order valence-corrected chi connectivity index (χ3v) is 4.93. The van der Waals surface area contributed by atoms with Crippen molar-refractivity contribution < 1.29 is 8.42 Å². The van der Waals surface area contributed by atoms with Crippen LogP contribution < -0.4 is 5.32 Å². The Labute approximate surface area is 84.1 Å². The minimum atomic E-state index is -3.04. The van der Waals surface area contributed by atoms with Crippen molar-refractivity contribution in [3.05, 3.63) is 23.8 Å². The lowest BCUT2D eigenvalue weighted by Gasteiger charge is -2.02. The van der Waals surface area contributed by atoms with Crippen LogP contribution in [0.2, 0.25) is 0 Å². The van der Waals surface area contributed by atoms with E-state index in [4.69, 9.17) is 0 Å². The highest BCUT2D eigenvalue weighted by molar-refractivity contribution is 7.92. The van der Waals surface area contributed by atoms with Crippen molar-refractivity contribution in [3.63, 3.8) is 0 Å². The van der Waals surface area contributed by atoms with Crippen molar-refractivity contribution in [1.82, 2.24) is 0 Å².